The van der Waals surface area contributed by atoms with Crippen LogP contribution in [0.3, 0.4) is 0 Å². The van der Waals surface area contributed by atoms with E-state index in [0.29, 0.717) is 39.4 Å². The molecule has 5 N–H and O–H groups in total. The van der Waals surface area contributed by atoms with Crippen LogP contribution in [-0.2, 0) is 0 Å². The highest BCUT2D eigenvalue weighted by Crippen LogP contribution is 2.33. The minimum Gasteiger partial charge on any atom is -0.489 e. The monoisotopic (exact) mass is 538 g/mol. The smallest absolute Gasteiger partial charge is 0.177 e. The average Bonchev–Trinajstić information content (AvgIpc) is 2.87. The lowest BCUT2D eigenvalue weighted by Crippen LogP contribution is -2.35. The minimum absolute atomic E-state index is 0.0587. The molecule has 0 saturated carbocycles. The first-order valence-corrected chi connectivity index (χ1v) is 12.5. The molecule has 4 rings (SSSR count). The first-order valence-electron chi connectivity index (χ1n) is 11.8. The molecule has 2 heterocycles. The van der Waals surface area contributed by atoms with E-state index in [2.05, 4.69) is 23.0 Å². The van der Waals surface area contributed by atoms with Gasteiger partial charge >= 0.3 is 0 Å². The number of hydrogen-bond acceptors (Lipinski definition) is 8. The standard InChI is InChI=1S/C27H28Cl2N6O2/c1-15-9-16(10-17(12-30)26(15)36-18-5-7-35(2)8-6-18)25(32)20-11-19(3-4-23(20)31)37-27(33)24-21(28)13-34-14-22(24)29/h3-4,9-11,13-14,18,27,32H,5-8,31,33H2,1-2H3/t27-/m0/s1. The number of benzene rings is 2. The summed E-state index contributed by atoms with van der Waals surface area (Å²) in [5, 5.41) is 19.3. The molecule has 0 bridgehead atoms. The Balaban J connectivity index is 1.59. The topological polar surface area (TPSA) is 134 Å². The Morgan fingerprint density at radius 1 is 1.19 bits per heavy atom. The lowest BCUT2D eigenvalue weighted by atomic mass is 9.96. The maximum atomic E-state index is 9.85. The van der Waals surface area contributed by atoms with Crippen molar-refractivity contribution < 1.29 is 9.47 Å². The SMILES string of the molecule is Cc1cc(C(=N)c2cc(O[C@H](N)c3c(Cl)cncc3Cl)ccc2N)cc(C#N)c1OC1CCN(C)CC1. The van der Waals surface area contributed by atoms with E-state index >= 15 is 0 Å². The van der Waals surface area contributed by atoms with Gasteiger partial charge in [-0.1, -0.05) is 23.2 Å². The number of piperidine rings is 1. The summed E-state index contributed by atoms with van der Waals surface area (Å²) in [4.78, 5) is 6.19. The number of nitrogens with two attached hydrogens (primary N) is 2. The fourth-order valence-corrected chi connectivity index (χ4v) is 4.89. The number of rotatable bonds is 7. The molecule has 37 heavy (non-hydrogen) atoms. The van der Waals surface area contributed by atoms with Crippen LogP contribution >= 0.6 is 23.2 Å². The van der Waals surface area contributed by atoms with Crippen molar-refractivity contribution in [3.05, 3.63) is 80.6 Å². The number of pyridine rings is 1. The number of nitrogens with zero attached hydrogens (tertiary/aromatic N) is 3. The van der Waals surface area contributed by atoms with Crippen LogP contribution in [0.5, 0.6) is 11.5 Å². The quantitative estimate of drug-likeness (QED) is 0.217. The van der Waals surface area contributed by atoms with E-state index in [1.165, 1.54) is 12.4 Å². The summed E-state index contributed by atoms with van der Waals surface area (Å²) < 4.78 is 12.1. The van der Waals surface area contributed by atoms with Gasteiger partial charge in [0.25, 0.3) is 0 Å². The molecule has 3 aromatic rings. The highest BCUT2D eigenvalue weighted by atomic mass is 35.5. The zero-order valence-corrected chi connectivity index (χ0v) is 22.1. The van der Waals surface area contributed by atoms with Crippen molar-refractivity contribution >= 4 is 34.6 Å². The van der Waals surface area contributed by atoms with E-state index < -0.39 is 6.23 Å². The van der Waals surface area contributed by atoms with Gasteiger partial charge in [-0.05, 0) is 62.7 Å². The van der Waals surface area contributed by atoms with Crippen molar-refractivity contribution in [1.82, 2.24) is 9.88 Å². The third kappa shape index (κ3) is 5.97. The highest BCUT2D eigenvalue weighted by Gasteiger charge is 2.22. The third-order valence-corrected chi connectivity index (χ3v) is 6.97. The summed E-state index contributed by atoms with van der Waals surface area (Å²) in [6, 6.07) is 10.6. The molecule has 1 atom stereocenters. The van der Waals surface area contributed by atoms with Gasteiger partial charge in [-0.15, -0.1) is 0 Å². The van der Waals surface area contributed by atoms with Crippen LogP contribution in [0.1, 0.15) is 46.9 Å². The third-order valence-electron chi connectivity index (χ3n) is 6.37. The van der Waals surface area contributed by atoms with E-state index in [4.69, 9.17) is 49.6 Å². The van der Waals surface area contributed by atoms with Gasteiger partial charge in [0.2, 0.25) is 0 Å². The maximum Gasteiger partial charge on any atom is 0.177 e. The predicted octanol–water partition coefficient (Wildman–Crippen LogP) is 5.08. The maximum absolute atomic E-state index is 9.85. The van der Waals surface area contributed by atoms with Crippen molar-refractivity contribution in [2.75, 3.05) is 25.9 Å². The van der Waals surface area contributed by atoms with Crippen LogP contribution in [0.4, 0.5) is 5.69 Å². The van der Waals surface area contributed by atoms with E-state index in [1.807, 2.05) is 13.0 Å². The Morgan fingerprint density at radius 2 is 1.86 bits per heavy atom. The Hall–Kier alpha value is -3.35. The van der Waals surface area contributed by atoms with E-state index in [9.17, 15) is 5.26 Å². The second-order valence-electron chi connectivity index (χ2n) is 9.08. The molecular weight excluding hydrogens is 511 g/mol. The molecule has 10 heteroatoms. The van der Waals surface area contributed by atoms with E-state index in [0.717, 1.165) is 31.5 Å². The molecule has 0 unspecified atom stereocenters. The molecule has 1 aromatic heterocycles. The van der Waals surface area contributed by atoms with Crippen LogP contribution in [-0.4, -0.2) is 41.8 Å². The van der Waals surface area contributed by atoms with E-state index in [-0.39, 0.29) is 21.9 Å². The molecule has 0 aliphatic carbocycles. The number of likely N-dealkylation sites (tertiary alicyclic amines) is 1. The number of aryl methyl sites for hydroxylation is 1. The molecule has 8 nitrogen and oxygen atoms in total. The van der Waals surface area contributed by atoms with Crippen LogP contribution < -0.4 is 20.9 Å². The number of nitrogens with one attached hydrogen (secondary N) is 1. The van der Waals surface area contributed by atoms with E-state index in [1.54, 1.807) is 24.3 Å². The van der Waals surface area contributed by atoms with Crippen molar-refractivity contribution in [3.63, 3.8) is 0 Å². The summed E-state index contributed by atoms with van der Waals surface area (Å²) in [6.45, 7) is 3.79. The molecule has 0 radical (unpaired) electrons. The van der Waals surface area contributed by atoms with Crippen LogP contribution in [0.15, 0.2) is 42.7 Å². The molecule has 1 fully saturated rings. The number of halogens is 2. The Labute approximate surface area is 226 Å². The van der Waals surface area contributed by atoms with Crippen LogP contribution in [0.25, 0.3) is 0 Å². The summed E-state index contributed by atoms with van der Waals surface area (Å²) in [6.07, 6.45) is 3.77. The summed E-state index contributed by atoms with van der Waals surface area (Å²) >= 11 is 12.4. The number of nitrogen functional groups attached to an aromatic ring is 1. The van der Waals surface area contributed by atoms with Gasteiger partial charge in [0.15, 0.2) is 6.23 Å². The van der Waals surface area contributed by atoms with Crippen molar-refractivity contribution in [2.24, 2.45) is 5.73 Å². The average molecular weight is 539 g/mol. The van der Waals surface area contributed by atoms with Gasteiger partial charge < -0.3 is 20.1 Å². The molecule has 0 spiro atoms. The van der Waals surface area contributed by atoms with Gasteiger partial charge in [0.1, 0.15) is 23.7 Å². The number of ether oxygens (including phenoxy) is 2. The second-order valence-corrected chi connectivity index (χ2v) is 9.90. The summed E-state index contributed by atoms with van der Waals surface area (Å²) in [7, 11) is 2.09. The lowest BCUT2D eigenvalue weighted by Gasteiger charge is -2.30. The van der Waals surface area contributed by atoms with Gasteiger partial charge in [-0.3, -0.25) is 16.1 Å². The number of nitriles is 1. The largest absolute Gasteiger partial charge is 0.489 e. The summed E-state index contributed by atoms with van der Waals surface area (Å²) in [5.41, 5.74) is 15.5. The van der Waals surface area contributed by atoms with Crippen LogP contribution in [0, 0.1) is 23.7 Å². The molecule has 0 amide bonds. The normalized spacial score (nSPS) is 15.1. The molecular formula is C27H28Cl2N6O2. The second kappa shape index (κ2) is 11.4. The Kier molecular flexibility index (Phi) is 8.20. The lowest BCUT2D eigenvalue weighted by molar-refractivity contribution is 0.113. The number of aromatic nitrogens is 1. The molecule has 2 aromatic carbocycles. The molecule has 192 valence electrons. The Morgan fingerprint density at radius 3 is 2.51 bits per heavy atom. The van der Waals surface area contributed by atoms with Gasteiger partial charge in [0.05, 0.1) is 21.3 Å². The fourth-order valence-electron chi connectivity index (χ4n) is 4.31. The van der Waals surface area contributed by atoms with Gasteiger partial charge in [0, 0.05) is 47.9 Å². The molecule has 1 saturated heterocycles. The number of anilines is 1. The zero-order chi connectivity index (χ0) is 26.7. The molecule has 1 aliphatic rings. The fraction of sp³-hybridized carbons (Fsp3) is 0.296. The van der Waals surface area contributed by atoms with Gasteiger partial charge in [-0.25, -0.2) is 0 Å². The zero-order valence-electron chi connectivity index (χ0n) is 20.6. The van der Waals surface area contributed by atoms with Crippen molar-refractivity contribution in [3.8, 4) is 17.6 Å². The predicted molar refractivity (Wildman–Crippen MR) is 146 cm³/mol. The highest BCUT2D eigenvalue weighted by molar-refractivity contribution is 6.35. The minimum atomic E-state index is -0.961. The first-order chi connectivity index (χ1) is 17.7. The molecule has 1 aliphatic heterocycles. The van der Waals surface area contributed by atoms with Gasteiger partial charge in [-0.2, -0.15) is 5.26 Å². The number of hydrogen-bond donors (Lipinski definition) is 3. The first kappa shape index (κ1) is 26.7. The van der Waals surface area contributed by atoms with Crippen LogP contribution in [0.2, 0.25) is 10.0 Å². The van der Waals surface area contributed by atoms with Crippen molar-refractivity contribution in [2.45, 2.75) is 32.1 Å². The Bertz CT molecular complexity index is 1350. The van der Waals surface area contributed by atoms with Crippen molar-refractivity contribution in [1.29, 1.82) is 10.7 Å². The summed E-state index contributed by atoms with van der Waals surface area (Å²) in [5.74, 6) is 0.945.